The van der Waals surface area contributed by atoms with Gasteiger partial charge < -0.3 is 5.11 Å². The summed E-state index contributed by atoms with van der Waals surface area (Å²) in [5.74, 6) is -9.74. The molecule has 7 heteroatoms. The van der Waals surface area contributed by atoms with Crippen LogP contribution in [0.25, 0.3) is 0 Å². The number of rotatable bonds is 1. The first-order valence-electron chi connectivity index (χ1n) is 2.93. The molecule has 0 amide bonds. The van der Waals surface area contributed by atoms with Gasteiger partial charge in [0.2, 0.25) is 0 Å². The second-order valence-corrected chi connectivity index (χ2v) is 2.06. The zero-order valence-electron chi connectivity index (χ0n) is 6.87. The zero-order valence-corrected chi connectivity index (χ0v) is 8.87. The number of carboxylic acid groups (broad SMARTS) is 1. The molecule has 2 nitrogen and oxygen atoms in total. The van der Waals surface area contributed by atoms with Crippen LogP contribution in [-0.2, 0) is 0 Å². The average Bonchev–Trinajstić information content (AvgIpc) is 2.01. The zero-order chi connectivity index (χ0) is 10.2. The van der Waals surface area contributed by atoms with E-state index in [1.165, 1.54) is 0 Å². The molecule has 0 atom stereocenters. The third-order valence-corrected chi connectivity index (χ3v) is 1.26. The maximum absolute atomic E-state index is 12.5. The fourth-order valence-corrected chi connectivity index (χ4v) is 0.710. The first-order valence-corrected chi connectivity index (χ1v) is 2.93. The first kappa shape index (κ1) is 13.4. The second kappa shape index (κ2) is 4.77. The first-order chi connectivity index (χ1) is 5.95. The maximum atomic E-state index is 12.5. The molecule has 0 unspecified atom stereocenters. The molecule has 0 saturated heterocycles. The van der Waals surface area contributed by atoms with Gasteiger partial charge in [-0.25, -0.2) is 13.6 Å². The van der Waals surface area contributed by atoms with Crippen LogP contribution in [0.1, 0.15) is 10.4 Å². The molecule has 1 rings (SSSR count). The Balaban J connectivity index is 0.00000169. The molecular formula is C7HF4NaO2. The fraction of sp³-hybridized carbons (Fsp3) is 0. The number of benzene rings is 1. The molecule has 70 valence electrons. The molecule has 0 radical (unpaired) electrons. The summed E-state index contributed by atoms with van der Waals surface area (Å²) in [5, 5.41) is 8.17. The van der Waals surface area contributed by atoms with E-state index in [4.69, 9.17) is 5.11 Å². The van der Waals surface area contributed by atoms with E-state index in [-0.39, 0.29) is 29.6 Å². The summed E-state index contributed by atoms with van der Waals surface area (Å²) < 4.78 is 49.6. The molecule has 0 aliphatic rings. The SMILES string of the molecule is O=C(O)c1c(F)c(F)[c-]c(F)c1F.[Na+]. The summed E-state index contributed by atoms with van der Waals surface area (Å²) in [6, 6.07) is 1.06. The van der Waals surface area contributed by atoms with Gasteiger partial charge in [0, 0.05) is 17.2 Å². The van der Waals surface area contributed by atoms with E-state index in [0.717, 1.165) is 6.07 Å². The van der Waals surface area contributed by atoms with Crippen LogP contribution in [0.3, 0.4) is 0 Å². The van der Waals surface area contributed by atoms with Crippen molar-refractivity contribution in [3.8, 4) is 0 Å². The Morgan fingerprint density at radius 3 is 1.71 bits per heavy atom. The number of halogens is 4. The van der Waals surface area contributed by atoms with Gasteiger partial charge in [-0.15, -0.1) is 6.07 Å². The van der Waals surface area contributed by atoms with Crippen molar-refractivity contribution in [2.75, 3.05) is 0 Å². The normalized spacial score (nSPS) is 9.43. The molecule has 0 heterocycles. The number of carboxylic acids is 1. The van der Waals surface area contributed by atoms with Gasteiger partial charge in [0.25, 0.3) is 0 Å². The minimum absolute atomic E-state index is 0. The Kier molecular flexibility index (Phi) is 4.57. The van der Waals surface area contributed by atoms with E-state index in [1.54, 1.807) is 0 Å². The van der Waals surface area contributed by atoms with Gasteiger partial charge in [-0.05, 0) is 0 Å². The Bertz CT molecular complexity index is 354. The molecule has 0 fully saturated rings. The Morgan fingerprint density at radius 1 is 1.07 bits per heavy atom. The van der Waals surface area contributed by atoms with Gasteiger partial charge >= 0.3 is 35.5 Å². The van der Waals surface area contributed by atoms with Crippen molar-refractivity contribution < 1.29 is 57.0 Å². The van der Waals surface area contributed by atoms with E-state index in [2.05, 4.69) is 0 Å². The van der Waals surface area contributed by atoms with Crippen LogP contribution in [0.4, 0.5) is 17.6 Å². The number of carbonyl (C=O) groups is 1. The molecule has 0 saturated carbocycles. The van der Waals surface area contributed by atoms with Crippen molar-refractivity contribution in [3.63, 3.8) is 0 Å². The number of hydrogen-bond donors (Lipinski definition) is 1. The van der Waals surface area contributed by atoms with E-state index < -0.39 is 34.8 Å². The molecule has 0 aliphatic carbocycles. The number of aromatic carboxylic acids is 1. The minimum atomic E-state index is -2.08. The molecular weight excluding hydrogens is 215 g/mol. The molecule has 1 aromatic rings. The molecule has 14 heavy (non-hydrogen) atoms. The van der Waals surface area contributed by atoms with E-state index >= 15 is 0 Å². The van der Waals surface area contributed by atoms with Gasteiger partial charge in [-0.2, -0.15) is 0 Å². The fourth-order valence-electron chi connectivity index (χ4n) is 0.710. The molecule has 0 aromatic heterocycles. The van der Waals surface area contributed by atoms with Crippen molar-refractivity contribution in [1.29, 1.82) is 0 Å². The van der Waals surface area contributed by atoms with Crippen molar-refractivity contribution >= 4 is 5.97 Å². The van der Waals surface area contributed by atoms with Gasteiger partial charge in [-0.1, -0.05) is 0 Å². The van der Waals surface area contributed by atoms with Crippen molar-refractivity contribution in [3.05, 3.63) is 34.9 Å². The largest absolute Gasteiger partial charge is 1.00 e. The minimum Gasteiger partial charge on any atom is -0.479 e. The van der Waals surface area contributed by atoms with Crippen LogP contribution < -0.4 is 29.6 Å². The predicted octanol–water partition coefficient (Wildman–Crippen LogP) is -1.25. The van der Waals surface area contributed by atoms with Crippen molar-refractivity contribution in [2.24, 2.45) is 0 Å². The Labute approximate surface area is 97.8 Å². The maximum Gasteiger partial charge on any atom is 1.00 e. The Morgan fingerprint density at radius 2 is 1.43 bits per heavy atom. The van der Waals surface area contributed by atoms with Gasteiger partial charge in [0.1, 0.15) is 0 Å². The van der Waals surface area contributed by atoms with Crippen molar-refractivity contribution in [2.45, 2.75) is 0 Å². The Hall–Kier alpha value is -0.590. The van der Waals surface area contributed by atoms with Crippen LogP contribution in [0.2, 0.25) is 0 Å². The molecule has 1 aromatic carbocycles. The van der Waals surface area contributed by atoms with Crippen LogP contribution >= 0.6 is 0 Å². The van der Waals surface area contributed by atoms with E-state index in [1.807, 2.05) is 0 Å². The van der Waals surface area contributed by atoms with Gasteiger partial charge in [-0.3, -0.25) is 8.78 Å². The third kappa shape index (κ3) is 2.26. The monoisotopic (exact) mass is 216 g/mol. The average molecular weight is 216 g/mol. The predicted molar refractivity (Wildman–Crippen MR) is 32.1 cm³/mol. The summed E-state index contributed by atoms with van der Waals surface area (Å²) in [5.41, 5.74) is -1.66. The van der Waals surface area contributed by atoms with Crippen LogP contribution in [0.15, 0.2) is 0 Å². The quantitative estimate of drug-likeness (QED) is 0.275. The molecule has 0 spiro atoms. The molecule has 0 bridgehead atoms. The third-order valence-electron chi connectivity index (χ3n) is 1.26. The summed E-state index contributed by atoms with van der Waals surface area (Å²) in [7, 11) is 0. The smallest absolute Gasteiger partial charge is 0.479 e. The van der Waals surface area contributed by atoms with Gasteiger partial charge in [0.05, 0.1) is 11.6 Å². The van der Waals surface area contributed by atoms with Crippen LogP contribution in [-0.4, -0.2) is 11.1 Å². The summed E-state index contributed by atoms with van der Waals surface area (Å²) in [4.78, 5) is 10.1. The van der Waals surface area contributed by atoms with E-state index in [0.29, 0.717) is 0 Å². The van der Waals surface area contributed by atoms with Crippen LogP contribution in [0, 0.1) is 29.3 Å². The van der Waals surface area contributed by atoms with E-state index in [9.17, 15) is 22.4 Å². The summed E-state index contributed by atoms with van der Waals surface area (Å²) >= 11 is 0. The van der Waals surface area contributed by atoms with Gasteiger partial charge in [0.15, 0.2) is 0 Å². The van der Waals surface area contributed by atoms with Crippen molar-refractivity contribution in [1.82, 2.24) is 0 Å². The standard InChI is InChI=1S/C7HF4O2.Na/c8-2-1-3(9)6(11)4(5(2)10)7(12)13;/h(H,12,13);/q-1;+1. The molecule has 0 aliphatic heterocycles. The summed E-state index contributed by atoms with van der Waals surface area (Å²) in [6.07, 6.45) is 0. The summed E-state index contributed by atoms with van der Waals surface area (Å²) in [6.45, 7) is 0. The second-order valence-electron chi connectivity index (χ2n) is 2.06. The van der Waals surface area contributed by atoms with Crippen LogP contribution in [0.5, 0.6) is 0 Å². The topological polar surface area (TPSA) is 37.3 Å². The number of hydrogen-bond acceptors (Lipinski definition) is 1. The molecule has 1 N–H and O–H groups in total.